The molecule has 1 aromatic heterocycles. The first-order valence-corrected chi connectivity index (χ1v) is 5.00. The number of anilines is 1. The summed E-state index contributed by atoms with van der Waals surface area (Å²) in [6.07, 6.45) is 1.76. The SMILES string of the molecule is C=CCNc1nc2ccccc2nc1OC. The number of hydrogen-bond donors (Lipinski definition) is 1. The Balaban J connectivity index is 2.49. The van der Waals surface area contributed by atoms with Gasteiger partial charge in [-0.3, -0.25) is 0 Å². The van der Waals surface area contributed by atoms with Gasteiger partial charge in [0.2, 0.25) is 0 Å². The zero-order valence-electron chi connectivity index (χ0n) is 9.10. The fourth-order valence-electron chi connectivity index (χ4n) is 1.41. The van der Waals surface area contributed by atoms with Crippen LogP contribution >= 0.6 is 0 Å². The summed E-state index contributed by atoms with van der Waals surface area (Å²) < 4.78 is 5.18. The Morgan fingerprint density at radius 1 is 1.31 bits per heavy atom. The Morgan fingerprint density at radius 3 is 2.62 bits per heavy atom. The highest BCUT2D eigenvalue weighted by atomic mass is 16.5. The molecule has 0 spiro atoms. The van der Waals surface area contributed by atoms with Crippen molar-refractivity contribution in [3.05, 3.63) is 36.9 Å². The van der Waals surface area contributed by atoms with E-state index in [1.165, 1.54) is 0 Å². The average molecular weight is 215 g/mol. The summed E-state index contributed by atoms with van der Waals surface area (Å²) in [6, 6.07) is 7.68. The molecule has 4 heteroatoms. The molecule has 0 aliphatic heterocycles. The van der Waals surface area contributed by atoms with Gasteiger partial charge in [-0.2, -0.15) is 0 Å². The van der Waals surface area contributed by atoms with Crippen LogP contribution in [0.3, 0.4) is 0 Å². The molecule has 0 saturated heterocycles. The Hall–Kier alpha value is -2.10. The Labute approximate surface area is 94.0 Å². The minimum Gasteiger partial charge on any atom is -0.478 e. The van der Waals surface area contributed by atoms with Gasteiger partial charge in [0.15, 0.2) is 5.82 Å². The van der Waals surface area contributed by atoms with Gasteiger partial charge in [-0.1, -0.05) is 18.2 Å². The first-order chi connectivity index (χ1) is 7.85. The van der Waals surface area contributed by atoms with E-state index in [-0.39, 0.29) is 0 Å². The van der Waals surface area contributed by atoms with Crippen LogP contribution in [0.2, 0.25) is 0 Å². The van der Waals surface area contributed by atoms with Crippen LogP contribution in [0.5, 0.6) is 5.88 Å². The zero-order chi connectivity index (χ0) is 11.4. The van der Waals surface area contributed by atoms with Crippen molar-refractivity contribution in [1.82, 2.24) is 9.97 Å². The Morgan fingerprint density at radius 2 is 2.00 bits per heavy atom. The molecule has 0 bridgehead atoms. The maximum absolute atomic E-state index is 5.18. The number of benzene rings is 1. The van der Waals surface area contributed by atoms with Crippen molar-refractivity contribution in [2.45, 2.75) is 0 Å². The lowest BCUT2D eigenvalue weighted by Crippen LogP contribution is -2.04. The molecule has 0 atom stereocenters. The fraction of sp³-hybridized carbons (Fsp3) is 0.167. The number of nitrogens with zero attached hydrogens (tertiary/aromatic N) is 2. The third-order valence-electron chi connectivity index (χ3n) is 2.15. The summed E-state index contributed by atoms with van der Waals surface area (Å²) in [6.45, 7) is 4.27. The third-order valence-corrected chi connectivity index (χ3v) is 2.15. The van der Waals surface area contributed by atoms with Gasteiger partial charge in [0.1, 0.15) is 0 Å². The number of fused-ring (bicyclic) bond motifs is 1. The van der Waals surface area contributed by atoms with Crippen molar-refractivity contribution in [2.24, 2.45) is 0 Å². The van der Waals surface area contributed by atoms with Crippen molar-refractivity contribution in [3.8, 4) is 5.88 Å². The zero-order valence-corrected chi connectivity index (χ0v) is 9.10. The van der Waals surface area contributed by atoms with Crippen LogP contribution in [0.4, 0.5) is 5.82 Å². The van der Waals surface area contributed by atoms with Gasteiger partial charge in [0, 0.05) is 6.54 Å². The normalized spacial score (nSPS) is 10.1. The van der Waals surface area contributed by atoms with Crippen molar-refractivity contribution in [3.63, 3.8) is 0 Å². The lowest BCUT2D eigenvalue weighted by atomic mass is 10.3. The summed E-state index contributed by atoms with van der Waals surface area (Å²) in [4.78, 5) is 8.80. The number of hydrogen-bond acceptors (Lipinski definition) is 4. The van der Waals surface area contributed by atoms with E-state index < -0.39 is 0 Å². The van der Waals surface area contributed by atoms with Crippen molar-refractivity contribution < 1.29 is 4.74 Å². The monoisotopic (exact) mass is 215 g/mol. The van der Waals surface area contributed by atoms with Crippen LogP contribution in [0.15, 0.2) is 36.9 Å². The summed E-state index contributed by atoms with van der Waals surface area (Å²) in [5.74, 6) is 1.14. The highest BCUT2D eigenvalue weighted by Gasteiger charge is 2.07. The van der Waals surface area contributed by atoms with E-state index in [1.54, 1.807) is 13.2 Å². The fourth-order valence-corrected chi connectivity index (χ4v) is 1.41. The van der Waals surface area contributed by atoms with E-state index in [1.807, 2.05) is 24.3 Å². The number of nitrogens with one attached hydrogen (secondary N) is 1. The van der Waals surface area contributed by atoms with Gasteiger partial charge >= 0.3 is 0 Å². The highest BCUT2D eigenvalue weighted by molar-refractivity contribution is 5.77. The molecule has 16 heavy (non-hydrogen) atoms. The molecule has 0 radical (unpaired) electrons. The molecule has 0 amide bonds. The number of rotatable bonds is 4. The van der Waals surface area contributed by atoms with E-state index in [4.69, 9.17) is 4.74 Å². The van der Waals surface area contributed by atoms with Gasteiger partial charge in [0.05, 0.1) is 18.1 Å². The first kappa shape index (κ1) is 10.4. The van der Waals surface area contributed by atoms with Crippen molar-refractivity contribution in [2.75, 3.05) is 19.0 Å². The molecule has 1 heterocycles. The summed E-state index contributed by atoms with van der Waals surface area (Å²) in [7, 11) is 1.58. The van der Waals surface area contributed by atoms with Crippen molar-refractivity contribution in [1.29, 1.82) is 0 Å². The predicted octanol–water partition coefficient (Wildman–Crippen LogP) is 2.24. The second-order valence-electron chi connectivity index (χ2n) is 3.24. The Bertz CT molecular complexity index is 511. The van der Waals surface area contributed by atoms with Crippen LogP contribution in [-0.4, -0.2) is 23.6 Å². The second kappa shape index (κ2) is 4.61. The lowest BCUT2D eigenvalue weighted by Gasteiger charge is -2.08. The number of para-hydroxylation sites is 2. The van der Waals surface area contributed by atoms with Crippen molar-refractivity contribution >= 4 is 16.9 Å². The molecule has 0 unspecified atom stereocenters. The maximum atomic E-state index is 5.18. The largest absolute Gasteiger partial charge is 0.478 e. The van der Waals surface area contributed by atoms with Crippen LogP contribution in [0.25, 0.3) is 11.0 Å². The van der Waals surface area contributed by atoms with E-state index in [0.717, 1.165) is 11.0 Å². The van der Waals surface area contributed by atoms with Gasteiger partial charge in [-0.05, 0) is 12.1 Å². The summed E-state index contributed by atoms with van der Waals surface area (Å²) >= 11 is 0. The van der Waals surface area contributed by atoms with Crippen LogP contribution < -0.4 is 10.1 Å². The molecule has 1 N–H and O–H groups in total. The van der Waals surface area contributed by atoms with E-state index in [2.05, 4.69) is 21.9 Å². The molecule has 2 rings (SSSR count). The maximum Gasteiger partial charge on any atom is 0.257 e. The Kier molecular flexibility index (Phi) is 3.00. The van der Waals surface area contributed by atoms with Gasteiger partial charge in [-0.15, -0.1) is 6.58 Å². The minimum absolute atomic E-state index is 0.501. The van der Waals surface area contributed by atoms with Crippen LogP contribution in [0.1, 0.15) is 0 Å². The molecule has 4 nitrogen and oxygen atoms in total. The number of aromatic nitrogens is 2. The van der Waals surface area contributed by atoms with Gasteiger partial charge in [-0.25, -0.2) is 9.97 Å². The standard InChI is InChI=1S/C12H13N3O/c1-3-8-13-11-12(16-2)15-10-7-5-4-6-9(10)14-11/h3-7H,1,8H2,2H3,(H,13,14). The average Bonchev–Trinajstić information content (AvgIpc) is 2.35. The molecule has 82 valence electrons. The third kappa shape index (κ3) is 1.95. The molecular formula is C12H13N3O. The van der Waals surface area contributed by atoms with Crippen LogP contribution in [0, 0.1) is 0 Å². The van der Waals surface area contributed by atoms with E-state index >= 15 is 0 Å². The quantitative estimate of drug-likeness (QED) is 0.794. The molecule has 1 aromatic carbocycles. The molecule has 2 aromatic rings. The molecule has 0 saturated carbocycles. The molecular weight excluding hydrogens is 202 g/mol. The first-order valence-electron chi connectivity index (χ1n) is 5.00. The van der Waals surface area contributed by atoms with Gasteiger partial charge < -0.3 is 10.1 Å². The number of methoxy groups -OCH3 is 1. The summed E-state index contributed by atoms with van der Waals surface area (Å²) in [5, 5.41) is 3.09. The highest BCUT2D eigenvalue weighted by Crippen LogP contribution is 2.22. The predicted molar refractivity (Wildman–Crippen MR) is 64.8 cm³/mol. The van der Waals surface area contributed by atoms with E-state index in [0.29, 0.717) is 18.2 Å². The summed E-state index contributed by atoms with van der Waals surface area (Å²) in [5.41, 5.74) is 1.67. The topological polar surface area (TPSA) is 47.0 Å². The number of ether oxygens (including phenoxy) is 1. The van der Waals surface area contributed by atoms with E-state index in [9.17, 15) is 0 Å². The second-order valence-corrected chi connectivity index (χ2v) is 3.24. The van der Waals surface area contributed by atoms with Gasteiger partial charge in [0.25, 0.3) is 5.88 Å². The lowest BCUT2D eigenvalue weighted by molar-refractivity contribution is 0.400. The molecule has 0 fully saturated rings. The van der Waals surface area contributed by atoms with Crippen LogP contribution in [-0.2, 0) is 0 Å². The smallest absolute Gasteiger partial charge is 0.257 e. The minimum atomic E-state index is 0.501. The molecule has 0 aliphatic rings. The molecule has 0 aliphatic carbocycles.